The largest absolute Gasteiger partial charge is 0.467 e. The van der Waals surface area contributed by atoms with Gasteiger partial charge in [0.05, 0.1) is 7.11 Å². The number of halogens is 2. The number of hydrogen-bond acceptors (Lipinski definition) is 3. The molecule has 0 aliphatic heterocycles. The third-order valence-electron chi connectivity index (χ3n) is 2.20. The maximum absolute atomic E-state index is 13.0. The van der Waals surface area contributed by atoms with Crippen LogP contribution in [0.4, 0.5) is 4.39 Å². The lowest BCUT2D eigenvalue weighted by atomic mass is 10.0. The molecule has 0 saturated carbocycles. The van der Waals surface area contributed by atoms with Crippen molar-refractivity contribution in [3.8, 4) is 0 Å². The fourth-order valence-corrected chi connectivity index (χ4v) is 1.54. The van der Waals surface area contributed by atoms with Crippen LogP contribution in [0, 0.1) is 0 Å². The van der Waals surface area contributed by atoms with Crippen LogP contribution in [-0.4, -0.2) is 18.2 Å². The quantitative estimate of drug-likeness (QED) is 0.834. The van der Waals surface area contributed by atoms with Crippen molar-refractivity contribution in [1.82, 2.24) is 0 Å². The summed E-state index contributed by atoms with van der Waals surface area (Å²) in [5.74, 6) is -0.803. The first-order chi connectivity index (χ1) is 7.47. The Bertz CT molecular complexity index is 393. The molecule has 1 N–H and O–H groups in total. The van der Waals surface area contributed by atoms with Gasteiger partial charge in [-0.2, -0.15) is 0 Å². The van der Waals surface area contributed by atoms with Gasteiger partial charge >= 0.3 is 5.97 Å². The van der Waals surface area contributed by atoms with E-state index in [-0.39, 0.29) is 10.6 Å². The smallest absolute Gasteiger partial charge is 0.339 e. The predicted molar refractivity (Wildman–Crippen MR) is 58.0 cm³/mol. The van der Waals surface area contributed by atoms with E-state index >= 15 is 0 Å². The maximum Gasteiger partial charge on any atom is 0.339 e. The molecular weight excluding hydrogens is 235 g/mol. The molecule has 2 unspecified atom stereocenters. The summed E-state index contributed by atoms with van der Waals surface area (Å²) in [5.41, 5.74) is 0.601. The van der Waals surface area contributed by atoms with Gasteiger partial charge in [-0.25, -0.2) is 9.18 Å². The minimum atomic E-state index is -1.44. The third-order valence-corrected chi connectivity index (χ3v) is 2.53. The molecule has 3 nitrogen and oxygen atoms in total. The van der Waals surface area contributed by atoms with E-state index in [9.17, 15) is 14.3 Å². The highest BCUT2D eigenvalue weighted by Gasteiger charge is 2.21. The Kier molecular flexibility index (Phi) is 4.26. The number of methoxy groups -OCH3 is 1. The number of alkyl halides is 1. The zero-order chi connectivity index (χ0) is 12.3. The van der Waals surface area contributed by atoms with Crippen molar-refractivity contribution >= 4 is 17.6 Å². The van der Waals surface area contributed by atoms with Gasteiger partial charge in [-0.3, -0.25) is 0 Å². The van der Waals surface area contributed by atoms with Crippen LogP contribution in [0.25, 0.3) is 0 Å². The Morgan fingerprint density at radius 1 is 1.56 bits per heavy atom. The van der Waals surface area contributed by atoms with Crippen molar-refractivity contribution in [2.45, 2.75) is 19.2 Å². The minimum Gasteiger partial charge on any atom is -0.467 e. The molecule has 88 valence electrons. The molecule has 0 radical (unpaired) electrons. The molecule has 0 saturated heterocycles. The molecule has 0 aromatic heterocycles. The van der Waals surface area contributed by atoms with Crippen LogP contribution < -0.4 is 0 Å². The van der Waals surface area contributed by atoms with Gasteiger partial charge in [-0.1, -0.05) is 23.7 Å². The van der Waals surface area contributed by atoms with Crippen LogP contribution in [0.3, 0.4) is 0 Å². The van der Waals surface area contributed by atoms with Gasteiger partial charge in [-0.05, 0) is 18.6 Å². The van der Waals surface area contributed by atoms with E-state index in [1.165, 1.54) is 25.1 Å². The normalized spacial score (nSPS) is 14.3. The minimum absolute atomic E-state index is 0.139. The van der Waals surface area contributed by atoms with E-state index < -0.39 is 18.2 Å². The van der Waals surface area contributed by atoms with Crippen LogP contribution >= 0.6 is 11.6 Å². The number of benzene rings is 1. The first kappa shape index (κ1) is 12.9. The molecule has 5 heteroatoms. The molecule has 0 amide bonds. The van der Waals surface area contributed by atoms with Gasteiger partial charge in [0.15, 0.2) is 6.10 Å². The number of rotatable bonds is 3. The van der Waals surface area contributed by atoms with Crippen LogP contribution in [0.15, 0.2) is 18.2 Å². The lowest BCUT2D eigenvalue weighted by Crippen LogP contribution is -2.14. The van der Waals surface area contributed by atoms with E-state index in [2.05, 4.69) is 4.74 Å². The molecule has 1 aromatic rings. The highest BCUT2D eigenvalue weighted by molar-refractivity contribution is 6.31. The Labute approximate surface area is 97.8 Å². The molecule has 2 atom stereocenters. The second-order valence-electron chi connectivity index (χ2n) is 3.32. The Morgan fingerprint density at radius 3 is 2.62 bits per heavy atom. The van der Waals surface area contributed by atoms with Gasteiger partial charge in [0, 0.05) is 10.6 Å². The molecule has 0 bridgehead atoms. The van der Waals surface area contributed by atoms with Crippen LogP contribution in [0.1, 0.15) is 30.3 Å². The summed E-state index contributed by atoms with van der Waals surface area (Å²) in [5, 5.41) is 9.69. The Balaban J connectivity index is 3.03. The standard InChI is InChI=1S/C11H12ClFO3/c1-6(13)7-3-4-8(9(12)5-7)10(14)11(15)16-2/h3-6,10,14H,1-2H3. The van der Waals surface area contributed by atoms with Crippen molar-refractivity contribution < 1.29 is 19.0 Å². The number of hydrogen-bond donors (Lipinski definition) is 1. The van der Waals surface area contributed by atoms with Gasteiger partial charge in [0.25, 0.3) is 0 Å². The fraction of sp³-hybridized carbons (Fsp3) is 0.364. The number of aliphatic hydroxyl groups is 1. The lowest BCUT2D eigenvalue weighted by molar-refractivity contribution is -0.150. The number of carbonyl (C=O) groups excluding carboxylic acids is 1. The summed E-state index contributed by atoms with van der Waals surface area (Å²) in [6.07, 6.45) is -2.59. The number of carbonyl (C=O) groups is 1. The van der Waals surface area contributed by atoms with E-state index in [0.29, 0.717) is 5.56 Å². The molecular formula is C11H12ClFO3. The molecule has 0 heterocycles. The summed E-state index contributed by atoms with van der Waals surface area (Å²) in [6.45, 7) is 1.38. The first-order valence-corrected chi connectivity index (χ1v) is 5.04. The Hall–Kier alpha value is -1.13. The van der Waals surface area contributed by atoms with Crippen molar-refractivity contribution in [2.24, 2.45) is 0 Å². The second kappa shape index (κ2) is 5.27. The summed E-state index contributed by atoms with van der Waals surface area (Å²) in [4.78, 5) is 11.1. The molecule has 0 aliphatic carbocycles. The first-order valence-electron chi connectivity index (χ1n) is 4.66. The number of ether oxygens (including phenoxy) is 1. The average molecular weight is 247 g/mol. The zero-order valence-electron chi connectivity index (χ0n) is 8.91. The van der Waals surface area contributed by atoms with Gasteiger partial charge in [0.2, 0.25) is 0 Å². The van der Waals surface area contributed by atoms with Crippen molar-refractivity contribution in [3.63, 3.8) is 0 Å². The van der Waals surface area contributed by atoms with Gasteiger partial charge in [0.1, 0.15) is 6.17 Å². The number of aliphatic hydroxyl groups excluding tert-OH is 1. The highest BCUT2D eigenvalue weighted by atomic mass is 35.5. The third kappa shape index (κ3) is 2.71. The summed E-state index contributed by atoms with van der Waals surface area (Å²) in [6, 6.07) is 4.26. The van der Waals surface area contributed by atoms with Crippen molar-refractivity contribution in [3.05, 3.63) is 34.3 Å². The van der Waals surface area contributed by atoms with E-state index in [4.69, 9.17) is 11.6 Å². The van der Waals surface area contributed by atoms with Crippen LogP contribution in [0.5, 0.6) is 0 Å². The number of esters is 1. The van der Waals surface area contributed by atoms with E-state index in [1.807, 2.05) is 0 Å². The topological polar surface area (TPSA) is 46.5 Å². The van der Waals surface area contributed by atoms with Crippen molar-refractivity contribution in [1.29, 1.82) is 0 Å². The zero-order valence-corrected chi connectivity index (χ0v) is 9.66. The van der Waals surface area contributed by atoms with Crippen LogP contribution in [-0.2, 0) is 9.53 Å². The Morgan fingerprint density at radius 2 is 2.19 bits per heavy atom. The molecule has 0 fully saturated rings. The monoisotopic (exact) mass is 246 g/mol. The van der Waals surface area contributed by atoms with Crippen LogP contribution in [0.2, 0.25) is 5.02 Å². The second-order valence-corrected chi connectivity index (χ2v) is 3.73. The highest BCUT2D eigenvalue weighted by Crippen LogP contribution is 2.28. The molecule has 0 spiro atoms. The molecule has 0 aliphatic rings. The van der Waals surface area contributed by atoms with E-state index in [1.54, 1.807) is 0 Å². The average Bonchev–Trinajstić information content (AvgIpc) is 2.26. The van der Waals surface area contributed by atoms with Gasteiger partial charge < -0.3 is 9.84 Å². The van der Waals surface area contributed by atoms with E-state index in [0.717, 1.165) is 7.11 Å². The lowest BCUT2D eigenvalue weighted by Gasteiger charge is -2.12. The SMILES string of the molecule is COC(=O)C(O)c1ccc(C(C)F)cc1Cl. The predicted octanol–water partition coefficient (Wildman–Crippen LogP) is 2.58. The molecule has 1 rings (SSSR count). The molecule has 16 heavy (non-hydrogen) atoms. The van der Waals surface area contributed by atoms with Crippen molar-refractivity contribution in [2.75, 3.05) is 7.11 Å². The molecule has 1 aromatic carbocycles. The maximum atomic E-state index is 13.0. The summed E-state index contributed by atoms with van der Waals surface area (Å²) < 4.78 is 17.3. The summed E-state index contributed by atoms with van der Waals surface area (Å²) >= 11 is 5.83. The summed E-state index contributed by atoms with van der Waals surface area (Å²) in [7, 11) is 1.16. The van der Waals surface area contributed by atoms with Gasteiger partial charge in [-0.15, -0.1) is 0 Å². The fourth-order valence-electron chi connectivity index (χ4n) is 1.25.